The lowest BCUT2D eigenvalue weighted by atomic mass is 9.86. The fraction of sp³-hybridized carbons (Fsp3) is 0.235. The number of fused-ring (bicyclic) bond motifs is 2. The number of benzene rings is 1. The van der Waals surface area contributed by atoms with Gasteiger partial charge in [-0.1, -0.05) is 6.92 Å². The second-order valence-electron chi connectivity index (χ2n) is 6.21. The summed E-state index contributed by atoms with van der Waals surface area (Å²) in [6, 6.07) is 3.13. The van der Waals surface area contributed by atoms with Crippen molar-refractivity contribution in [1.82, 2.24) is 14.8 Å². The Balaban J connectivity index is 1.99. The molecule has 4 rings (SSSR count). The predicted octanol–water partition coefficient (Wildman–Crippen LogP) is 3.05. The first kappa shape index (κ1) is 14.7. The van der Waals surface area contributed by atoms with E-state index in [1.807, 2.05) is 6.92 Å². The highest BCUT2D eigenvalue weighted by Crippen LogP contribution is 2.33. The van der Waals surface area contributed by atoms with Gasteiger partial charge in [0, 0.05) is 12.5 Å². The number of nitrogens with zero attached hydrogens (tertiary/aromatic N) is 3. The van der Waals surface area contributed by atoms with Crippen LogP contribution in [-0.2, 0) is 6.42 Å². The van der Waals surface area contributed by atoms with E-state index in [1.54, 1.807) is 0 Å². The van der Waals surface area contributed by atoms with Gasteiger partial charge in [0.2, 0.25) is 0 Å². The number of nitrogens with two attached hydrogens (primary N) is 1. The molecule has 1 aliphatic carbocycles. The zero-order valence-corrected chi connectivity index (χ0v) is 12.9. The van der Waals surface area contributed by atoms with Gasteiger partial charge in [-0.25, -0.2) is 18.4 Å². The highest BCUT2D eigenvalue weighted by Gasteiger charge is 2.28. The summed E-state index contributed by atoms with van der Waals surface area (Å²) in [5.74, 6) is -1.26. The molecule has 0 fully saturated rings. The van der Waals surface area contributed by atoms with Crippen molar-refractivity contribution in [3.8, 4) is 5.69 Å². The van der Waals surface area contributed by atoms with Crippen molar-refractivity contribution < 1.29 is 13.6 Å². The van der Waals surface area contributed by atoms with Gasteiger partial charge in [-0.2, -0.15) is 5.10 Å². The molecule has 0 aliphatic heterocycles. The van der Waals surface area contributed by atoms with Crippen LogP contribution < -0.4 is 5.73 Å². The van der Waals surface area contributed by atoms with Gasteiger partial charge in [0.25, 0.3) is 0 Å². The SMILES string of the molecule is CC1CC(=O)c2c(nc3c(cnn3-c3cc(F)cc(F)c3)c2N)C1. The Labute approximate surface area is 136 Å². The molecule has 2 heterocycles. The molecule has 5 nitrogen and oxygen atoms in total. The third-order valence-electron chi connectivity index (χ3n) is 4.28. The van der Waals surface area contributed by atoms with Gasteiger partial charge in [-0.3, -0.25) is 4.79 Å². The predicted molar refractivity (Wildman–Crippen MR) is 85.0 cm³/mol. The summed E-state index contributed by atoms with van der Waals surface area (Å²) in [4.78, 5) is 16.8. The molecule has 1 atom stereocenters. The van der Waals surface area contributed by atoms with E-state index in [9.17, 15) is 13.6 Å². The van der Waals surface area contributed by atoms with E-state index in [4.69, 9.17) is 5.73 Å². The van der Waals surface area contributed by atoms with Crippen LogP contribution in [0.4, 0.5) is 14.5 Å². The molecule has 0 saturated carbocycles. The van der Waals surface area contributed by atoms with Gasteiger partial charge in [-0.05, 0) is 24.5 Å². The zero-order chi connectivity index (χ0) is 17.0. The van der Waals surface area contributed by atoms with Crippen LogP contribution >= 0.6 is 0 Å². The number of carbonyl (C=O) groups excluding carboxylic acids is 1. The number of hydrogen-bond acceptors (Lipinski definition) is 4. The van der Waals surface area contributed by atoms with E-state index >= 15 is 0 Å². The highest BCUT2D eigenvalue weighted by molar-refractivity contribution is 6.08. The van der Waals surface area contributed by atoms with Crippen LogP contribution in [0, 0.1) is 17.6 Å². The summed E-state index contributed by atoms with van der Waals surface area (Å²) >= 11 is 0. The number of Topliss-reactive ketones (excluding diaryl/α,β-unsaturated/α-hetero) is 1. The molecular weight excluding hydrogens is 314 g/mol. The summed E-state index contributed by atoms with van der Waals surface area (Å²) < 4.78 is 28.3. The van der Waals surface area contributed by atoms with E-state index in [-0.39, 0.29) is 17.4 Å². The molecule has 0 radical (unpaired) electrons. The maximum atomic E-state index is 13.5. The Morgan fingerprint density at radius 3 is 2.62 bits per heavy atom. The van der Waals surface area contributed by atoms with Crippen molar-refractivity contribution in [3.05, 3.63) is 47.3 Å². The maximum Gasteiger partial charge on any atom is 0.167 e. The molecule has 0 spiro atoms. The molecular formula is C17H14F2N4O. The lowest BCUT2D eigenvalue weighted by Crippen LogP contribution is -2.21. The average molecular weight is 328 g/mol. The number of halogens is 2. The minimum Gasteiger partial charge on any atom is -0.397 e. The number of anilines is 1. The third-order valence-corrected chi connectivity index (χ3v) is 4.28. The van der Waals surface area contributed by atoms with E-state index in [0.717, 1.165) is 6.07 Å². The minimum atomic E-state index is -0.705. The van der Waals surface area contributed by atoms with Crippen LogP contribution in [0.15, 0.2) is 24.4 Å². The molecule has 2 aromatic heterocycles. The summed E-state index contributed by atoms with van der Waals surface area (Å²) in [5, 5.41) is 4.65. The molecule has 1 aromatic carbocycles. The van der Waals surface area contributed by atoms with Gasteiger partial charge in [0.15, 0.2) is 11.4 Å². The average Bonchev–Trinajstić information content (AvgIpc) is 2.89. The molecule has 0 bridgehead atoms. The van der Waals surface area contributed by atoms with Crippen molar-refractivity contribution in [3.63, 3.8) is 0 Å². The van der Waals surface area contributed by atoms with Gasteiger partial charge in [0.05, 0.1) is 34.2 Å². The van der Waals surface area contributed by atoms with Gasteiger partial charge in [-0.15, -0.1) is 0 Å². The lowest BCUT2D eigenvalue weighted by Gasteiger charge is -2.21. The normalized spacial score (nSPS) is 17.3. The maximum absolute atomic E-state index is 13.5. The summed E-state index contributed by atoms with van der Waals surface area (Å²) in [5.41, 5.74) is 8.16. The van der Waals surface area contributed by atoms with Crippen LogP contribution in [0.25, 0.3) is 16.7 Å². The topological polar surface area (TPSA) is 73.8 Å². The molecule has 1 unspecified atom stereocenters. The van der Waals surface area contributed by atoms with Crippen LogP contribution in [0.2, 0.25) is 0 Å². The lowest BCUT2D eigenvalue weighted by molar-refractivity contribution is 0.0953. The Bertz CT molecular complexity index is 976. The Kier molecular flexibility index (Phi) is 3.13. The molecule has 0 amide bonds. The molecule has 0 saturated heterocycles. The Morgan fingerprint density at radius 1 is 1.21 bits per heavy atom. The summed E-state index contributed by atoms with van der Waals surface area (Å²) in [7, 11) is 0. The molecule has 3 aromatic rings. The van der Waals surface area contributed by atoms with Crippen LogP contribution in [0.3, 0.4) is 0 Å². The molecule has 122 valence electrons. The van der Waals surface area contributed by atoms with Crippen LogP contribution in [0.1, 0.15) is 29.4 Å². The second kappa shape index (κ2) is 5.09. The number of rotatable bonds is 1. The number of ketones is 1. The van der Waals surface area contributed by atoms with E-state index in [1.165, 1.54) is 23.0 Å². The van der Waals surface area contributed by atoms with Crippen molar-refractivity contribution in [2.24, 2.45) is 5.92 Å². The number of nitrogen functional groups attached to an aromatic ring is 1. The van der Waals surface area contributed by atoms with Gasteiger partial charge < -0.3 is 5.73 Å². The molecule has 1 aliphatic rings. The minimum absolute atomic E-state index is 0.0276. The number of aromatic nitrogens is 3. The Morgan fingerprint density at radius 2 is 1.92 bits per heavy atom. The fourth-order valence-electron chi connectivity index (χ4n) is 3.24. The summed E-state index contributed by atoms with van der Waals surface area (Å²) in [6.45, 7) is 1.97. The first-order valence-corrected chi connectivity index (χ1v) is 7.60. The van der Waals surface area contributed by atoms with Gasteiger partial charge >= 0.3 is 0 Å². The van der Waals surface area contributed by atoms with E-state index < -0.39 is 11.6 Å². The number of carbonyl (C=O) groups is 1. The van der Waals surface area contributed by atoms with E-state index in [2.05, 4.69) is 10.1 Å². The highest BCUT2D eigenvalue weighted by atomic mass is 19.1. The first-order chi connectivity index (χ1) is 11.4. The molecule has 2 N–H and O–H groups in total. The van der Waals surface area contributed by atoms with Crippen molar-refractivity contribution >= 4 is 22.5 Å². The number of pyridine rings is 1. The number of hydrogen-bond donors (Lipinski definition) is 1. The van der Waals surface area contributed by atoms with E-state index in [0.29, 0.717) is 40.8 Å². The molecule has 24 heavy (non-hydrogen) atoms. The fourth-order valence-corrected chi connectivity index (χ4v) is 3.24. The smallest absolute Gasteiger partial charge is 0.167 e. The van der Waals surface area contributed by atoms with Crippen molar-refractivity contribution in [1.29, 1.82) is 0 Å². The molecule has 7 heteroatoms. The van der Waals surface area contributed by atoms with Crippen molar-refractivity contribution in [2.45, 2.75) is 19.8 Å². The van der Waals surface area contributed by atoms with Crippen LogP contribution in [0.5, 0.6) is 0 Å². The zero-order valence-electron chi connectivity index (χ0n) is 12.9. The quantitative estimate of drug-likeness (QED) is 0.745. The first-order valence-electron chi connectivity index (χ1n) is 7.60. The summed E-state index contributed by atoms with van der Waals surface area (Å²) in [6.07, 6.45) is 2.53. The largest absolute Gasteiger partial charge is 0.397 e. The van der Waals surface area contributed by atoms with Crippen LogP contribution in [-0.4, -0.2) is 20.5 Å². The monoisotopic (exact) mass is 328 g/mol. The Hall–Kier alpha value is -2.83. The standard InChI is InChI=1S/C17H14F2N4O/c1-8-2-13-15(14(24)3-8)16(20)12-7-21-23(17(12)22-13)11-5-9(18)4-10(19)6-11/h4-8H,2-3H2,1H3,(H2,20,22). The van der Waals surface area contributed by atoms with Gasteiger partial charge in [0.1, 0.15) is 11.6 Å². The van der Waals surface area contributed by atoms with Crippen molar-refractivity contribution in [2.75, 3.05) is 5.73 Å². The third kappa shape index (κ3) is 2.16. The second-order valence-corrected chi connectivity index (χ2v) is 6.21.